The van der Waals surface area contributed by atoms with Crippen LogP contribution in [0.15, 0.2) is 72.5 Å². The van der Waals surface area contributed by atoms with E-state index in [1.54, 1.807) is 0 Å². The van der Waals surface area contributed by atoms with Gasteiger partial charge in [-0.25, -0.2) is 0 Å². The van der Waals surface area contributed by atoms with E-state index in [1.807, 2.05) is 26.1 Å². The van der Waals surface area contributed by atoms with E-state index in [0.717, 1.165) is 16.8 Å². The van der Waals surface area contributed by atoms with Gasteiger partial charge in [0, 0.05) is 12.7 Å². The van der Waals surface area contributed by atoms with E-state index in [9.17, 15) is 0 Å². The Morgan fingerprint density at radius 1 is 1.05 bits per heavy atom. The highest BCUT2D eigenvalue weighted by atomic mass is 14.8. The smallest absolute Gasteiger partial charge is 0.00753 e. The first kappa shape index (κ1) is 17.8. The molecule has 0 spiro atoms. The molecule has 1 aromatic carbocycles. The summed E-state index contributed by atoms with van der Waals surface area (Å²) in [5.74, 6) is 0. The zero-order valence-electron chi connectivity index (χ0n) is 14.5. The molecule has 22 heavy (non-hydrogen) atoms. The molecule has 1 rings (SSSR count). The summed E-state index contributed by atoms with van der Waals surface area (Å²) in [7, 11) is 1.92. The molecule has 0 unspecified atom stereocenters. The predicted molar refractivity (Wildman–Crippen MR) is 99.8 cm³/mol. The molecule has 1 N–H and O–H groups in total. The summed E-state index contributed by atoms with van der Waals surface area (Å²) in [6.45, 7) is 16.3. The minimum absolute atomic E-state index is 1.10. The van der Waals surface area contributed by atoms with Gasteiger partial charge in [-0.05, 0) is 67.7 Å². The number of allylic oxidation sites excluding steroid dienone is 8. The summed E-state index contributed by atoms with van der Waals surface area (Å²) >= 11 is 0. The Balaban J connectivity index is 3.41. The monoisotopic (exact) mass is 293 g/mol. The Bertz CT molecular complexity index is 654. The lowest BCUT2D eigenvalue weighted by Gasteiger charge is -2.10. The van der Waals surface area contributed by atoms with Crippen molar-refractivity contribution in [2.45, 2.75) is 27.7 Å². The molecule has 0 heterocycles. The summed E-state index contributed by atoms with van der Waals surface area (Å²) in [6, 6.07) is 6.48. The fraction of sp³-hybridized carbons (Fsp3) is 0.238. The topological polar surface area (TPSA) is 12.0 Å². The highest BCUT2D eigenvalue weighted by Crippen LogP contribution is 2.24. The van der Waals surface area contributed by atoms with Crippen molar-refractivity contribution in [3.05, 3.63) is 89.2 Å². The van der Waals surface area contributed by atoms with Crippen LogP contribution in [0.1, 0.15) is 30.5 Å². The van der Waals surface area contributed by atoms with Crippen LogP contribution in [0.4, 0.5) is 0 Å². The molecule has 0 aliphatic carbocycles. The molecular weight excluding hydrogens is 266 g/mol. The number of hydrogen-bond acceptors (Lipinski definition) is 1. The second-order valence-corrected chi connectivity index (χ2v) is 5.54. The first-order valence-corrected chi connectivity index (χ1v) is 7.54. The largest absolute Gasteiger partial charge is 0.392 e. The second kappa shape index (κ2) is 8.23. The van der Waals surface area contributed by atoms with E-state index in [2.05, 4.69) is 69.6 Å². The molecule has 0 atom stereocenters. The SMILES string of the molecule is C=C\C(=C/C(C=C)=C(C)/C=C(\C)NC)c1cc(C)ccc1C. The van der Waals surface area contributed by atoms with E-state index in [1.165, 1.54) is 22.3 Å². The summed E-state index contributed by atoms with van der Waals surface area (Å²) in [5, 5.41) is 3.14. The zero-order valence-corrected chi connectivity index (χ0v) is 14.5. The van der Waals surface area contributed by atoms with Crippen LogP contribution in [0.3, 0.4) is 0 Å². The normalized spacial score (nSPS) is 13.5. The van der Waals surface area contributed by atoms with Gasteiger partial charge in [0.15, 0.2) is 0 Å². The van der Waals surface area contributed by atoms with Crippen LogP contribution in [-0.2, 0) is 0 Å². The van der Waals surface area contributed by atoms with Gasteiger partial charge in [0.2, 0.25) is 0 Å². The fourth-order valence-corrected chi connectivity index (χ4v) is 2.28. The summed E-state index contributed by atoms with van der Waals surface area (Å²) in [4.78, 5) is 0. The summed E-state index contributed by atoms with van der Waals surface area (Å²) < 4.78 is 0. The third-order valence-electron chi connectivity index (χ3n) is 3.74. The second-order valence-electron chi connectivity index (χ2n) is 5.54. The van der Waals surface area contributed by atoms with Crippen molar-refractivity contribution < 1.29 is 0 Å². The van der Waals surface area contributed by atoms with E-state index in [-0.39, 0.29) is 0 Å². The summed E-state index contributed by atoms with van der Waals surface area (Å²) in [6.07, 6.45) is 8.07. The van der Waals surface area contributed by atoms with Gasteiger partial charge in [0.25, 0.3) is 0 Å². The number of rotatable bonds is 6. The lowest BCUT2D eigenvalue weighted by molar-refractivity contribution is 0.985. The van der Waals surface area contributed by atoms with Gasteiger partial charge in [0.1, 0.15) is 0 Å². The molecule has 1 aromatic rings. The van der Waals surface area contributed by atoms with E-state index < -0.39 is 0 Å². The predicted octanol–water partition coefficient (Wildman–Crippen LogP) is 5.50. The molecule has 0 fully saturated rings. The third kappa shape index (κ3) is 4.63. The van der Waals surface area contributed by atoms with E-state index in [4.69, 9.17) is 0 Å². The highest BCUT2D eigenvalue weighted by molar-refractivity contribution is 5.78. The Kier molecular flexibility index (Phi) is 6.65. The van der Waals surface area contributed by atoms with Crippen LogP contribution in [0, 0.1) is 13.8 Å². The van der Waals surface area contributed by atoms with Crippen molar-refractivity contribution in [1.29, 1.82) is 0 Å². The van der Waals surface area contributed by atoms with Crippen molar-refractivity contribution in [3.63, 3.8) is 0 Å². The summed E-state index contributed by atoms with van der Waals surface area (Å²) in [5.41, 5.74) is 8.23. The first-order chi connectivity index (χ1) is 10.4. The van der Waals surface area contributed by atoms with Crippen molar-refractivity contribution in [1.82, 2.24) is 5.32 Å². The van der Waals surface area contributed by atoms with Crippen LogP contribution >= 0.6 is 0 Å². The minimum atomic E-state index is 1.10. The van der Waals surface area contributed by atoms with Crippen molar-refractivity contribution in [3.8, 4) is 0 Å². The fourth-order valence-electron chi connectivity index (χ4n) is 2.28. The highest BCUT2D eigenvalue weighted by Gasteiger charge is 2.04. The molecule has 1 heteroatoms. The Morgan fingerprint density at radius 3 is 2.27 bits per heavy atom. The van der Waals surface area contributed by atoms with Gasteiger partial charge >= 0.3 is 0 Å². The van der Waals surface area contributed by atoms with Crippen molar-refractivity contribution in [2.75, 3.05) is 7.05 Å². The molecule has 0 saturated heterocycles. The van der Waals surface area contributed by atoms with Crippen LogP contribution in [0.25, 0.3) is 5.57 Å². The maximum atomic E-state index is 3.98. The molecule has 0 saturated carbocycles. The van der Waals surface area contributed by atoms with Crippen molar-refractivity contribution in [2.24, 2.45) is 0 Å². The van der Waals surface area contributed by atoms with Gasteiger partial charge in [-0.2, -0.15) is 0 Å². The average molecular weight is 293 g/mol. The lowest BCUT2D eigenvalue weighted by atomic mass is 9.95. The van der Waals surface area contributed by atoms with Gasteiger partial charge in [-0.1, -0.05) is 49.1 Å². The van der Waals surface area contributed by atoms with Crippen molar-refractivity contribution >= 4 is 5.57 Å². The number of aryl methyl sites for hydroxylation is 2. The Hall–Kier alpha value is -2.28. The van der Waals surface area contributed by atoms with Crippen LogP contribution in [0.5, 0.6) is 0 Å². The molecule has 116 valence electrons. The maximum Gasteiger partial charge on any atom is 0.00753 e. The Labute approximate surface area is 135 Å². The number of nitrogens with one attached hydrogen (secondary N) is 1. The molecule has 0 bridgehead atoms. The van der Waals surface area contributed by atoms with Crippen LogP contribution < -0.4 is 5.32 Å². The van der Waals surface area contributed by atoms with Crippen LogP contribution in [0.2, 0.25) is 0 Å². The van der Waals surface area contributed by atoms with Gasteiger partial charge < -0.3 is 5.32 Å². The number of benzene rings is 1. The third-order valence-corrected chi connectivity index (χ3v) is 3.74. The molecule has 0 amide bonds. The minimum Gasteiger partial charge on any atom is -0.392 e. The molecule has 0 aliphatic heterocycles. The maximum absolute atomic E-state index is 3.98. The molecular formula is C21H27N. The van der Waals surface area contributed by atoms with Gasteiger partial charge in [-0.15, -0.1) is 0 Å². The van der Waals surface area contributed by atoms with Crippen LogP contribution in [-0.4, -0.2) is 7.05 Å². The quantitative estimate of drug-likeness (QED) is 0.683. The van der Waals surface area contributed by atoms with Gasteiger partial charge in [0.05, 0.1) is 0 Å². The van der Waals surface area contributed by atoms with E-state index >= 15 is 0 Å². The zero-order chi connectivity index (χ0) is 16.7. The molecule has 0 radical (unpaired) electrons. The molecule has 0 aliphatic rings. The molecule has 1 nitrogen and oxygen atoms in total. The number of hydrogen-bond donors (Lipinski definition) is 1. The lowest BCUT2D eigenvalue weighted by Crippen LogP contribution is -2.01. The first-order valence-electron chi connectivity index (χ1n) is 7.54. The van der Waals surface area contributed by atoms with Gasteiger partial charge in [-0.3, -0.25) is 0 Å². The standard InChI is InChI=1S/C21H27N/c1-8-19(17(5)13-18(6)22-7)14-20(9-2)21-12-15(3)10-11-16(21)4/h8-14,22H,1-2H2,3-7H3/b18-13+,19-17+,20-14+. The Morgan fingerprint density at radius 2 is 1.73 bits per heavy atom. The average Bonchev–Trinajstić information content (AvgIpc) is 2.51. The van der Waals surface area contributed by atoms with E-state index in [0.29, 0.717) is 0 Å². The molecule has 0 aromatic heterocycles.